The van der Waals surface area contributed by atoms with Gasteiger partial charge in [0.2, 0.25) is 0 Å². The highest BCUT2D eigenvalue weighted by molar-refractivity contribution is 7.98. The number of nitrogens with zero attached hydrogens (tertiary/aromatic N) is 5. The summed E-state index contributed by atoms with van der Waals surface area (Å²) in [5, 5.41) is 13.2. The zero-order valence-electron chi connectivity index (χ0n) is 12.7. The number of hydrogen-bond acceptors (Lipinski definition) is 8. The lowest BCUT2D eigenvalue weighted by Crippen LogP contribution is -2.19. The van der Waals surface area contributed by atoms with Crippen LogP contribution in [0.1, 0.15) is 21.5 Å². The van der Waals surface area contributed by atoms with E-state index in [1.807, 2.05) is 6.07 Å². The number of methoxy groups -OCH3 is 1. The van der Waals surface area contributed by atoms with E-state index in [1.54, 1.807) is 6.07 Å². The van der Waals surface area contributed by atoms with Crippen molar-refractivity contribution in [1.82, 2.24) is 24.6 Å². The molecule has 3 rings (SSSR count). The molecule has 25 heavy (non-hydrogen) atoms. The number of fused-ring (bicyclic) bond motifs is 1. The lowest BCUT2D eigenvalue weighted by molar-refractivity contribution is 0.0600. The first kappa shape index (κ1) is 16.9. The van der Waals surface area contributed by atoms with Gasteiger partial charge in [-0.05, 0) is 11.6 Å². The van der Waals surface area contributed by atoms with Crippen molar-refractivity contribution in [2.24, 2.45) is 0 Å². The molecule has 0 bridgehead atoms. The standard InChI is InChI=1S/C14H9ClN6O3S/c1-24-12(22)9-2-7(4-17-10(9)15)6-25-13-19-11-8(3-16)5-18-21(11)14(23)20-13/h2,4-5H,6H2,1H3,(H,19,20,23). The fourth-order valence-electron chi connectivity index (χ4n) is 1.99. The molecule has 3 heterocycles. The molecule has 0 aliphatic carbocycles. The minimum atomic E-state index is -0.588. The number of nitriles is 1. The fourth-order valence-corrected chi connectivity index (χ4v) is 2.94. The third kappa shape index (κ3) is 3.33. The van der Waals surface area contributed by atoms with Crippen LogP contribution in [-0.2, 0) is 10.5 Å². The molecule has 0 saturated carbocycles. The van der Waals surface area contributed by atoms with E-state index >= 15 is 0 Å². The van der Waals surface area contributed by atoms with E-state index in [9.17, 15) is 9.59 Å². The highest BCUT2D eigenvalue weighted by Gasteiger charge is 2.14. The summed E-state index contributed by atoms with van der Waals surface area (Å²) in [5.41, 5.74) is 0.721. The fraction of sp³-hybridized carbons (Fsp3) is 0.143. The predicted octanol–water partition coefficient (Wildman–Crippen LogP) is 1.42. The van der Waals surface area contributed by atoms with Gasteiger partial charge in [-0.25, -0.2) is 19.6 Å². The normalized spacial score (nSPS) is 10.6. The van der Waals surface area contributed by atoms with Crippen molar-refractivity contribution in [3.05, 3.63) is 50.8 Å². The summed E-state index contributed by atoms with van der Waals surface area (Å²) in [6.07, 6.45) is 2.79. The average Bonchev–Trinajstić information content (AvgIpc) is 3.04. The van der Waals surface area contributed by atoms with Crippen molar-refractivity contribution in [3.63, 3.8) is 0 Å². The smallest absolute Gasteiger partial charge is 0.350 e. The topological polar surface area (TPSA) is 126 Å². The van der Waals surface area contributed by atoms with Crippen molar-refractivity contribution in [3.8, 4) is 6.07 Å². The van der Waals surface area contributed by atoms with Crippen molar-refractivity contribution < 1.29 is 9.53 Å². The molecule has 0 aliphatic heterocycles. The maximum Gasteiger partial charge on any atom is 0.350 e. The number of carbonyl (C=O) groups excluding carboxylic acids is 1. The van der Waals surface area contributed by atoms with Gasteiger partial charge in [0.1, 0.15) is 16.8 Å². The number of halogens is 1. The van der Waals surface area contributed by atoms with Gasteiger partial charge < -0.3 is 4.74 Å². The average molecular weight is 377 g/mol. The number of esters is 1. The number of aromatic nitrogens is 5. The van der Waals surface area contributed by atoms with E-state index in [-0.39, 0.29) is 21.9 Å². The van der Waals surface area contributed by atoms with Gasteiger partial charge in [-0.3, -0.25) is 4.98 Å². The zero-order valence-corrected chi connectivity index (χ0v) is 14.3. The molecule has 11 heteroatoms. The second-order valence-electron chi connectivity index (χ2n) is 4.71. The largest absolute Gasteiger partial charge is 0.465 e. The van der Waals surface area contributed by atoms with Crippen LogP contribution in [0, 0.1) is 11.3 Å². The van der Waals surface area contributed by atoms with Gasteiger partial charge in [0.05, 0.1) is 18.9 Å². The molecule has 0 radical (unpaired) electrons. The van der Waals surface area contributed by atoms with Crippen molar-refractivity contribution in [1.29, 1.82) is 5.26 Å². The number of nitrogens with one attached hydrogen (secondary N) is 1. The van der Waals surface area contributed by atoms with Crippen LogP contribution in [-0.4, -0.2) is 37.6 Å². The van der Waals surface area contributed by atoms with Gasteiger partial charge in [0, 0.05) is 11.9 Å². The Balaban J connectivity index is 1.87. The third-order valence-corrected chi connectivity index (χ3v) is 4.40. The lowest BCUT2D eigenvalue weighted by Gasteiger charge is -2.05. The van der Waals surface area contributed by atoms with Gasteiger partial charge in [0.15, 0.2) is 10.8 Å². The monoisotopic (exact) mass is 376 g/mol. The van der Waals surface area contributed by atoms with Crippen molar-refractivity contribution >= 4 is 35.0 Å². The number of pyridine rings is 1. The van der Waals surface area contributed by atoms with Crippen LogP contribution >= 0.6 is 23.4 Å². The minimum Gasteiger partial charge on any atom is -0.465 e. The van der Waals surface area contributed by atoms with Crippen LogP contribution in [0.5, 0.6) is 0 Å². The lowest BCUT2D eigenvalue weighted by atomic mass is 10.2. The van der Waals surface area contributed by atoms with Crippen LogP contribution in [0.25, 0.3) is 5.65 Å². The molecule has 0 aliphatic rings. The quantitative estimate of drug-likeness (QED) is 0.411. The first-order valence-corrected chi connectivity index (χ1v) is 8.13. The third-order valence-electron chi connectivity index (χ3n) is 3.15. The maximum atomic E-state index is 12.0. The summed E-state index contributed by atoms with van der Waals surface area (Å²) in [6, 6.07) is 3.49. The Labute approximate surface area is 149 Å². The van der Waals surface area contributed by atoms with Crippen molar-refractivity contribution in [2.45, 2.75) is 10.9 Å². The van der Waals surface area contributed by atoms with Crippen LogP contribution < -0.4 is 5.69 Å². The Kier molecular flexibility index (Phi) is 4.69. The van der Waals surface area contributed by atoms with E-state index in [4.69, 9.17) is 16.9 Å². The molecule has 0 fully saturated rings. The van der Waals surface area contributed by atoms with Gasteiger partial charge in [-0.2, -0.15) is 14.9 Å². The Hall–Kier alpha value is -2.90. The molecule has 0 amide bonds. The van der Waals surface area contributed by atoms with Crippen LogP contribution in [0.3, 0.4) is 0 Å². The molecule has 0 saturated heterocycles. The number of hydrogen-bond donors (Lipinski definition) is 1. The minimum absolute atomic E-state index is 0.0477. The summed E-state index contributed by atoms with van der Waals surface area (Å²) in [5.74, 6) is -0.223. The molecule has 126 valence electrons. The number of H-pyrrole nitrogens is 1. The molecular weight excluding hydrogens is 368 g/mol. The number of aromatic amines is 1. The molecule has 9 nitrogen and oxygen atoms in total. The molecule has 0 unspecified atom stereocenters. The van der Waals surface area contributed by atoms with E-state index in [2.05, 4.69) is 24.8 Å². The molecular formula is C14H9ClN6O3S. The Morgan fingerprint density at radius 3 is 3.04 bits per heavy atom. The maximum absolute atomic E-state index is 12.0. The Morgan fingerprint density at radius 1 is 1.52 bits per heavy atom. The summed E-state index contributed by atoms with van der Waals surface area (Å²) >= 11 is 7.08. The molecule has 0 aromatic carbocycles. The number of rotatable bonds is 4. The van der Waals surface area contributed by atoms with Crippen LogP contribution in [0.2, 0.25) is 5.15 Å². The van der Waals surface area contributed by atoms with E-state index < -0.39 is 11.7 Å². The van der Waals surface area contributed by atoms with E-state index in [0.717, 1.165) is 4.52 Å². The number of ether oxygens (including phenoxy) is 1. The second kappa shape index (κ2) is 6.92. The SMILES string of the molecule is COC(=O)c1cc(CSc2nc3c(C#N)cnn3c(=O)[nH]2)cnc1Cl. The Morgan fingerprint density at radius 2 is 2.32 bits per heavy atom. The number of thioether (sulfide) groups is 1. The summed E-state index contributed by atoms with van der Waals surface area (Å²) < 4.78 is 5.66. The first-order valence-electron chi connectivity index (χ1n) is 6.77. The van der Waals surface area contributed by atoms with Gasteiger partial charge in [0.25, 0.3) is 0 Å². The number of carbonyl (C=O) groups is 1. The van der Waals surface area contributed by atoms with Gasteiger partial charge in [-0.15, -0.1) is 0 Å². The van der Waals surface area contributed by atoms with E-state index in [0.29, 0.717) is 16.5 Å². The summed E-state index contributed by atoms with van der Waals surface area (Å²) in [4.78, 5) is 34.3. The zero-order chi connectivity index (χ0) is 18.0. The summed E-state index contributed by atoms with van der Waals surface area (Å²) in [6.45, 7) is 0. The highest BCUT2D eigenvalue weighted by atomic mass is 35.5. The molecule has 3 aromatic heterocycles. The van der Waals surface area contributed by atoms with Crippen LogP contribution in [0.15, 0.2) is 28.4 Å². The highest BCUT2D eigenvalue weighted by Crippen LogP contribution is 2.22. The predicted molar refractivity (Wildman–Crippen MR) is 88.5 cm³/mol. The van der Waals surface area contributed by atoms with Gasteiger partial charge >= 0.3 is 11.7 Å². The van der Waals surface area contributed by atoms with Crippen LogP contribution in [0.4, 0.5) is 0 Å². The second-order valence-corrected chi connectivity index (χ2v) is 6.04. The Bertz CT molecular complexity index is 1070. The molecule has 0 spiro atoms. The van der Waals surface area contributed by atoms with Crippen molar-refractivity contribution in [2.75, 3.05) is 7.11 Å². The molecule has 3 aromatic rings. The first-order chi connectivity index (χ1) is 12.0. The van der Waals surface area contributed by atoms with Gasteiger partial charge in [-0.1, -0.05) is 23.4 Å². The molecule has 1 N–H and O–H groups in total. The molecule has 0 atom stereocenters. The summed E-state index contributed by atoms with van der Waals surface area (Å²) in [7, 11) is 1.25. The van der Waals surface area contributed by atoms with E-state index in [1.165, 1.54) is 31.3 Å².